The van der Waals surface area contributed by atoms with Crippen LogP contribution in [-0.2, 0) is 71.2 Å². The van der Waals surface area contributed by atoms with E-state index in [0.717, 1.165) is 5.57 Å². The van der Waals surface area contributed by atoms with E-state index in [4.69, 9.17) is 61.6 Å². The van der Waals surface area contributed by atoms with Gasteiger partial charge in [0.15, 0.2) is 43.5 Å². The van der Waals surface area contributed by atoms with Crippen molar-refractivity contribution in [1.82, 2.24) is 0 Å². The van der Waals surface area contributed by atoms with Crippen LogP contribution < -0.4 is 0 Å². The molecule has 0 bridgehead atoms. The molecule has 0 aromatic carbocycles. The van der Waals surface area contributed by atoms with Crippen molar-refractivity contribution >= 4 is 11.6 Å². The molecule has 4 aliphatic carbocycles. The molecule has 0 unspecified atom stereocenters. The van der Waals surface area contributed by atoms with E-state index in [-0.39, 0.29) is 36.4 Å². The van der Waals surface area contributed by atoms with Gasteiger partial charge in [0.25, 0.3) is 0 Å². The SMILES string of the molecule is CCC(=O)[C@@H]1C[C@@H](C)[C@]2(CC(=O)[C@@]3(C)C4=C(CC[C@@]32C)[C@@]2(C)CC[C@H](O[C@@H]3O[C@H](CO[C@@H]5OC[C@H](O)[C@H](O)[C@H]5O[C@@H]5O[C@H](CO)[C@@H](O)[C@H](O[C@@H]6OC[C@@H](O)[C@H](O)[C@H]6O[C@@H]6O[C@@H](CO)[C@H](O)[C@H]6O)[C@H]5O[C@@H]5O[C@@H](C)[C@H](O)[C@@H](O)[C@H]5O)[C@@H](O)[C@H](O)[C@H]3O)[C@](C)(CO)[C@@H]2CC4)O1. The molecule has 0 aromatic heterocycles. The lowest BCUT2D eigenvalue weighted by molar-refractivity contribution is -0.407. The van der Waals surface area contributed by atoms with Crippen molar-refractivity contribution < 1.29 is 153 Å². The van der Waals surface area contributed by atoms with Gasteiger partial charge in [-0.3, -0.25) is 9.59 Å². The maximum atomic E-state index is 14.8. The Morgan fingerprint density at radius 1 is 0.548 bits per heavy atom. The third-order valence-electron chi connectivity index (χ3n) is 23.7. The van der Waals surface area contributed by atoms with Gasteiger partial charge in [-0.1, -0.05) is 45.8 Å². The van der Waals surface area contributed by atoms with Crippen LogP contribution in [0.25, 0.3) is 0 Å². The standard InChI is InChI=1S/C62H98O31/c1-8-27(66)30-15-23(2)62(93-30)16-35(69)61(7)26-9-10-34-58(4,25(26)11-14-60(61,62)6)13-12-36(59(34,5)22-65)88-53-47(80)44(77)41(74)33(87-53)21-83-55-49(38(71)28(67)19-81-55)91-57-51(92-52-46(79)43(76)37(70)24(3)84-52)48(42(75)32(18-64)86-57)89-56-50(39(72)29(68)20-82-56)90-54-45(78)40(73)31(17-63)85-54/h23-24,28-34,36-57,63-65,67-68,70-80H,8-22H2,1-7H3/t23-,24+,28+,29-,30+,31+,32-,33-,34-,36+,37+,38+,39+,40+,41-,42-,43-,44+,45-,46-,47-,48+,49-,50-,51-,52+,53+,54+,55+,56+,57+,58-,59-,60+,61-,62+/m1/s1. The number of carbonyl (C=O) groups is 2. The highest BCUT2D eigenvalue weighted by atomic mass is 16.8. The summed E-state index contributed by atoms with van der Waals surface area (Å²) in [5, 5.41) is 177. The number of hydrogen-bond donors (Lipinski definition) is 16. The van der Waals surface area contributed by atoms with Gasteiger partial charge in [-0.15, -0.1) is 0 Å². The lowest BCUT2D eigenvalue weighted by atomic mass is 9.42. The zero-order valence-corrected chi connectivity index (χ0v) is 53.3. The largest absolute Gasteiger partial charge is 0.396 e. The first-order valence-corrected chi connectivity index (χ1v) is 32.8. The van der Waals surface area contributed by atoms with Crippen LogP contribution >= 0.6 is 0 Å². The van der Waals surface area contributed by atoms with Crippen LogP contribution in [0.4, 0.5) is 0 Å². The Morgan fingerprint density at radius 2 is 1.09 bits per heavy atom. The average molecular weight is 1340 g/mol. The summed E-state index contributed by atoms with van der Waals surface area (Å²) >= 11 is 0. The molecule has 7 saturated heterocycles. The highest BCUT2D eigenvalue weighted by molar-refractivity contribution is 5.94. The number of aliphatic hydroxyl groups excluding tert-OH is 16. The summed E-state index contributed by atoms with van der Waals surface area (Å²) in [5.41, 5.74) is -1.48. The number of hydrogen-bond acceptors (Lipinski definition) is 31. The van der Waals surface area contributed by atoms with Gasteiger partial charge in [0.05, 0.1) is 62.9 Å². The van der Waals surface area contributed by atoms with Crippen LogP contribution in [-0.4, -0.2) is 317 Å². The van der Waals surface area contributed by atoms with Crippen LogP contribution in [0.3, 0.4) is 0 Å². The topological polar surface area (TPSA) is 478 Å². The molecular formula is C62H98O31. The van der Waals surface area contributed by atoms with Crippen LogP contribution in [0, 0.1) is 33.5 Å². The Balaban J connectivity index is 0.815. The third-order valence-corrected chi connectivity index (χ3v) is 23.7. The molecule has 93 heavy (non-hydrogen) atoms. The van der Waals surface area contributed by atoms with Gasteiger partial charge in [-0.25, -0.2) is 0 Å². The van der Waals surface area contributed by atoms with Gasteiger partial charge in [0, 0.05) is 23.7 Å². The molecule has 0 amide bonds. The summed E-state index contributed by atoms with van der Waals surface area (Å²) in [5.74, 6) is -0.105. The summed E-state index contributed by atoms with van der Waals surface area (Å²) in [4.78, 5) is 27.8. The zero-order chi connectivity index (χ0) is 67.5. The summed E-state index contributed by atoms with van der Waals surface area (Å²) in [6, 6.07) is 0. The molecule has 11 aliphatic rings. The van der Waals surface area contributed by atoms with Crippen molar-refractivity contribution in [2.24, 2.45) is 33.5 Å². The van der Waals surface area contributed by atoms with Crippen LogP contribution in [0.5, 0.6) is 0 Å². The maximum Gasteiger partial charge on any atom is 0.187 e. The van der Waals surface area contributed by atoms with E-state index < -0.39 is 238 Å². The molecule has 36 atom stereocenters. The summed E-state index contributed by atoms with van der Waals surface area (Å²) in [6.45, 7) is 9.46. The highest BCUT2D eigenvalue weighted by Gasteiger charge is 2.75. The Bertz CT molecular complexity index is 2660. The number of ether oxygens (including phenoxy) is 13. The molecule has 11 rings (SSSR count). The van der Waals surface area contributed by atoms with Gasteiger partial charge in [-0.2, -0.15) is 0 Å². The summed E-state index contributed by atoms with van der Waals surface area (Å²) < 4.78 is 79.2. The predicted octanol–water partition coefficient (Wildman–Crippen LogP) is -5.34. The first kappa shape index (κ1) is 72.2. The molecule has 9 fully saturated rings. The number of allylic oxidation sites excluding steroid dienone is 2. The molecule has 2 saturated carbocycles. The van der Waals surface area contributed by atoms with E-state index in [2.05, 4.69) is 27.7 Å². The van der Waals surface area contributed by atoms with Crippen LogP contribution in [0.2, 0.25) is 0 Å². The fourth-order valence-corrected chi connectivity index (χ4v) is 17.8. The number of Topliss-reactive ketones (excluding diaryl/α,β-unsaturated/α-hetero) is 2. The molecular weight excluding hydrogens is 1240 g/mol. The van der Waals surface area contributed by atoms with Crippen molar-refractivity contribution in [3.05, 3.63) is 11.1 Å². The Morgan fingerprint density at radius 3 is 1.72 bits per heavy atom. The van der Waals surface area contributed by atoms with Gasteiger partial charge >= 0.3 is 0 Å². The van der Waals surface area contributed by atoms with E-state index in [1.165, 1.54) is 12.5 Å². The Kier molecular flexibility index (Phi) is 21.3. The fraction of sp³-hybridized carbons (Fsp3) is 0.935. The lowest BCUT2D eigenvalue weighted by Gasteiger charge is -2.63. The van der Waals surface area contributed by atoms with Gasteiger partial charge in [0.2, 0.25) is 0 Å². The van der Waals surface area contributed by atoms with E-state index in [1.807, 2.05) is 13.8 Å². The van der Waals surface area contributed by atoms with E-state index in [9.17, 15) is 91.3 Å². The normalized spacial score (nSPS) is 54.3. The zero-order valence-electron chi connectivity index (χ0n) is 53.3. The lowest BCUT2D eigenvalue weighted by Crippen LogP contribution is -2.68. The summed E-state index contributed by atoms with van der Waals surface area (Å²) in [7, 11) is 0. The minimum atomic E-state index is -2.07. The first-order valence-electron chi connectivity index (χ1n) is 32.8. The van der Waals surface area contributed by atoms with E-state index >= 15 is 0 Å². The number of fused-ring (bicyclic) bond motifs is 5. The number of ketones is 2. The highest BCUT2D eigenvalue weighted by Crippen LogP contribution is 2.74. The fourth-order valence-electron chi connectivity index (χ4n) is 17.8. The molecule has 532 valence electrons. The van der Waals surface area contributed by atoms with Crippen molar-refractivity contribution in [3.8, 4) is 0 Å². The second-order valence-electron chi connectivity index (χ2n) is 28.7. The van der Waals surface area contributed by atoms with Gasteiger partial charge < -0.3 is 143 Å². The first-order chi connectivity index (χ1) is 43.9. The third kappa shape index (κ3) is 12.0. The van der Waals surface area contributed by atoms with Crippen LogP contribution in [0.1, 0.15) is 106 Å². The second kappa shape index (κ2) is 27.5. The van der Waals surface area contributed by atoms with Gasteiger partial charge in [-0.05, 0) is 76.0 Å². The van der Waals surface area contributed by atoms with Gasteiger partial charge in [0.1, 0.15) is 134 Å². The second-order valence-corrected chi connectivity index (χ2v) is 28.7. The maximum absolute atomic E-state index is 14.8. The molecule has 0 aromatic rings. The summed E-state index contributed by atoms with van der Waals surface area (Å²) in [6.07, 6.45) is -45.7. The Hall–Kier alpha value is -2.08. The number of rotatable bonds is 18. The van der Waals surface area contributed by atoms with Crippen molar-refractivity contribution in [1.29, 1.82) is 0 Å². The molecule has 0 radical (unpaired) electrons. The number of carbonyl (C=O) groups excluding carboxylic acids is 2. The quantitative estimate of drug-likeness (QED) is 0.0570. The minimum Gasteiger partial charge on any atom is -0.396 e. The average Bonchev–Trinajstić information content (AvgIpc) is 1.55. The molecule has 7 heterocycles. The minimum absolute atomic E-state index is 0.0259. The van der Waals surface area contributed by atoms with E-state index in [0.29, 0.717) is 51.4 Å². The predicted molar refractivity (Wildman–Crippen MR) is 306 cm³/mol. The van der Waals surface area contributed by atoms with Crippen molar-refractivity contribution in [2.45, 2.75) is 290 Å². The van der Waals surface area contributed by atoms with Crippen LogP contribution in [0.15, 0.2) is 11.1 Å². The van der Waals surface area contributed by atoms with Crippen molar-refractivity contribution in [3.63, 3.8) is 0 Å². The monoisotopic (exact) mass is 1340 g/mol. The molecule has 31 nitrogen and oxygen atoms in total. The molecule has 16 N–H and O–H groups in total. The Labute approximate surface area is 537 Å². The molecule has 7 aliphatic heterocycles. The molecule has 1 spiro atoms. The number of aliphatic hydroxyl groups is 16. The molecule has 31 heteroatoms. The van der Waals surface area contributed by atoms with Crippen molar-refractivity contribution in [2.75, 3.05) is 39.6 Å². The smallest absolute Gasteiger partial charge is 0.187 e. The van der Waals surface area contributed by atoms with E-state index in [1.54, 1.807) is 0 Å².